The number of ketones is 1. The molecule has 2 nitrogen and oxygen atoms in total. The van der Waals surface area contributed by atoms with E-state index in [1.807, 2.05) is 18.2 Å². The SMILES string of the molecule is CCCC1CCC(C(=O)Cc2cc(OC)ccc2Br)CC1. The zero-order chi connectivity index (χ0) is 15.2. The van der Waals surface area contributed by atoms with Crippen LogP contribution in [-0.2, 0) is 11.2 Å². The van der Waals surface area contributed by atoms with Crippen molar-refractivity contribution < 1.29 is 9.53 Å². The third-order valence-corrected chi connectivity index (χ3v) is 5.39. The molecular formula is C18H25BrO2. The van der Waals surface area contributed by atoms with Crippen molar-refractivity contribution in [2.75, 3.05) is 7.11 Å². The van der Waals surface area contributed by atoms with Crippen LogP contribution in [0.2, 0.25) is 0 Å². The summed E-state index contributed by atoms with van der Waals surface area (Å²) >= 11 is 3.53. The van der Waals surface area contributed by atoms with Crippen LogP contribution in [0.5, 0.6) is 5.75 Å². The van der Waals surface area contributed by atoms with E-state index in [1.54, 1.807) is 7.11 Å². The van der Waals surface area contributed by atoms with Crippen LogP contribution in [0.25, 0.3) is 0 Å². The maximum atomic E-state index is 12.5. The zero-order valence-electron chi connectivity index (χ0n) is 13.0. The highest BCUT2D eigenvalue weighted by atomic mass is 79.9. The Labute approximate surface area is 136 Å². The Balaban J connectivity index is 1.93. The molecule has 0 radical (unpaired) electrons. The molecule has 0 unspecified atom stereocenters. The summed E-state index contributed by atoms with van der Waals surface area (Å²) in [5, 5.41) is 0. The smallest absolute Gasteiger partial charge is 0.140 e. The van der Waals surface area contributed by atoms with Gasteiger partial charge in [0.05, 0.1) is 7.11 Å². The summed E-state index contributed by atoms with van der Waals surface area (Å²) in [6, 6.07) is 5.83. The van der Waals surface area contributed by atoms with E-state index in [0.29, 0.717) is 12.2 Å². The van der Waals surface area contributed by atoms with Gasteiger partial charge in [0.15, 0.2) is 0 Å². The molecule has 0 atom stereocenters. The molecule has 21 heavy (non-hydrogen) atoms. The first kappa shape index (κ1) is 16.5. The number of ether oxygens (including phenoxy) is 1. The number of hydrogen-bond donors (Lipinski definition) is 0. The number of Topliss-reactive ketones (excluding diaryl/α,β-unsaturated/α-hetero) is 1. The number of benzene rings is 1. The van der Waals surface area contributed by atoms with Crippen molar-refractivity contribution in [2.45, 2.75) is 51.9 Å². The van der Waals surface area contributed by atoms with Gasteiger partial charge in [0, 0.05) is 16.8 Å². The van der Waals surface area contributed by atoms with E-state index in [4.69, 9.17) is 4.74 Å². The Morgan fingerprint density at radius 2 is 2.00 bits per heavy atom. The van der Waals surface area contributed by atoms with Crippen molar-refractivity contribution in [3.63, 3.8) is 0 Å². The van der Waals surface area contributed by atoms with E-state index in [0.717, 1.165) is 34.5 Å². The Hall–Kier alpha value is -0.830. The van der Waals surface area contributed by atoms with Crippen LogP contribution in [0, 0.1) is 11.8 Å². The normalized spacial score (nSPS) is 22.0. The van der Waals surface area contributed by atoms with E-state index in [-0.39, 0.29) is 5.92 Å². The Morgan fingerprint density at radius 1 is 1.29 bits per heavy atom. The summed E-state index contributed by atoms with van der Waals surface area (Å²) in [6.45, 7) is 2.25. The van der Waals surface area contributed by atoms with Gasteiger partial charge in [-0.2, -0.15) is 0 Å². The minimum atomic E-state index is 0.260. The van der Waals surface area contributed by atoms with Gasteiger partial charge in [-0.05, 0) is 55.4 Å². The highest BCUT2D eigenvalue weighted by Crippen LogP contribution is 2.33. The third kappa shape index (κ3) is 4.57. The number of halogens is 1. The second-order valence-electron chi connectivity index (χ2n) is 6.11. The lowest BCUT2D eigenvalue weighted by molar-refractivity contribution is -0.123. The predicted molar refractivity (Wildman–Crippen MR) is 89.8 cm³/mol. The van der Waals surface area contributed by atoms with Crippen molar-refractivity contribution in [3.05, 3.63) is 28.2 Å². The quantitative estimate of drug-likeness (QED) is 0.705. The lowest BCUT2D eigenvalue weighted by atomic mass is 9.77. The maximum absolute atomic E-state index is 12.5. The molecule has 1 aliphatic rings. The largest absolute Gasteiger partial charge is 0.497 e. The van der Waals surface area contributed by atoms with Gasteiger partial charge in [-0.15, -0.1) is 0 Å². The molecule has 1 saturated carbocycles. The molecular weight excluding hydrogens is 328 g/mol. The van der Waals surface area contributed by atoms with Gasteiger partial charge in [0.2, 0.25) is 0 Å². The highest BCUT2D eigenvalue weighted by molar-refractivity contribution is 9.10. The third-order valence-electron chi connectivity index (χ3n) is 4.62. The first-order chi connectivity index (χ1) is 10.1. The summed E-state index contributed by atoms with van der Waals surface area (Å²) in [7, 11) is 1.66. The van der Waals surface area contributed by atoms with Crippen molar-refractivity contribution in [3.8, 4) is 5.75 Å². The first-order valence-corrected chi connectivity index (χ1v) is 8.78. The molecule has 1 aliphatic carbocycles. The summed E-state index contributed by atoms with van der Waals surface area (Å²) in [5.41, 5.74) is 1.04. The van der Waals surface area contributed by atoms with E-state index in [1.165, 1.54) is 25.7 Å². The Kier molecular flexibility index (Phi) is 6.28. The molecule has 0 N–H and O–H groups in total. The molecule has 0 saturated heterocycles. The fourth-order valence-electron chi connectivity index (χ4n) is 3.33. The van der Waals surface area contributed by atoms with Crippen LogP contribution in [0.4, 0.5) is 0 Å². The Morgan fingerprint density at radius 3 is 2.62 bits per heavy atom. The molecule has 0 spiro atoms. The Bertz CT molecular complexity index is 476. The van der Waals surface area contributed by atoms with Gasteiger partial charge in [0.1, 0.15) is 11.5 Å². The van der Waals surface area contributed by atoms with Gasteiger partial charge < -0.3 is 4.74 Å². The van der Waals surface area contributed by atoms with Crippen LogP contribution in [0.15, 0.2) is 22.7 Å². The molecule has 1 aromatic carbocycles. The fourth-order valence-corrected chi connectivity index (χ4v) is 3.71. The average molecular weight is 353 g/mol. The molecule has 2 rings (SSSR count). The topological polar surface area (TPSA) is 26.3 Å². The van der Waals surface area contributed by atoms with Gasteiger partial charge >= 0.3 is 0 Å². The summed E-state index contributed by atoms with van der Waals surface area (Å²) in [4.78, 5) is 12.5. The molecule has 1 fully saturated rings. The second kappa shape index (κ2) is 7.98. The summed E-state index contributed by atoms with van der Waals surface area (Å²) in [5.74, 6) is 2.31. The predicted octanol–water partition coefficient (Wildman–Crippen LogP) is 5.18. The van der Waals surface area contributed by atoms with Gasteiger partial charge in [-0.3, -0.25) is 4.79 Å². The van der Waals surface area contributed by atoms with Crippen LogP contribution >= 0.6 is 15.9 Å². The van der Waals surface area contributed by atoms with Crippen molar-refractivity contribution in [2.24, 2.45) is 11.8 Å². The van der Waals surface area contributed by atoms with Gasteiger partial charge in [-0.1, -0.05) is 35.7 Å². The summed E-state index contributed by atoms with van der Waals surface area (Å²) < 4.78 is 6.24. The molecule has 0 heterocycles. The molecule has 0 bridgehead atoms. The minimum Gasteiger partial charge on any atom is -0.497 e. The fraction of sp³-hybridized carbons (Fsp3) is 0.611. The monoisotopic (exact) mass is 352 g/mol. The number of carbonyl (C=O) groups is 1. The molecule has 1 aromatic rings. The van der Waals surface area contributed by atoms with Crippen LogP contribution < -0.4 is 4.74 Å². The first-order valence-electron chi connectivity index (χ1n) is 7.99. The number of carbonyl (C=O) groups excluding carboxylic acids is 1. The number of methoxy groups -OCH3 is 1. The van der Waals surface area contributed by atoms with E-state index in [9.17, 15) is 4.79 Å². The lowest BCUT2D eigenvalue weighted by Gasteiger charge is -2.27. The molecule has 0 aromatic heterocycles. The van der Waals surface area contributed by atoms with E-state index < -0.39 is 0 Å². The molecule has 3 heteroatoms. The maximum Gasteiger partial charge on any atom is 0.140 e. The van der Waals surface area contributed by atoms with Crippen molar-refractivity contribution in [1.82, 2.24) is 0 Å². The van der Waals surface area contributed by atoms with E-state index in [2.05, 4.69) is 22.9 Å². The summed E-state index contributed by atoms with van der Waals surface area (Å²) in [6.07, 6.45) is 7.70. The minimum absolute atomic E-state index is 0.260. The highest BCUT2D eigenvalue weighted by Gasteiger charge is 2.26. The lowest BCUT2D eigenvalue weighted by Crippen LogP contribution is -2.23. The molecule has 0 aliphatic heterocycles. The molecule has 116 valence electrons. The van der Waals surface area contributed by atoms with Crippen molar-refractivity contribution >= 4 is 21.7 Å². The zero-order valence-corrected chi connectivity index (χ0v) is 14.6. The van der Waals surface area contributed by atoms with Crippen LogP contribution in [0.3, 0.4) is 0 Å². The van der Waals surface area contributed by atoms with Gasteiger partial charge in [-0.25, -0.2) is 0 Å². The van der Waals surface area contributed by atoms with E-state index >= 15 is 0 Å². The average Bonchev–Trinajstić information content (AvgIpc) is 2.50. The second-order valence-corrected chi connectivity index (χ2v) is 6.96. The number of rotatable bonds is 6. The van der Waals surface area contributed by atoms with Crippen molar-refractivity contribution in [1.29, 1.82) is 0 Å². The number of hydrogen-bond acceptors (Lipinski definition) is 2. The standard InChI is InChI=1S/C18H25BrO2/c1-3-4-13-5-7-14(8-6-13)18(20)12-15-11-16(21-2)9-10-17(15)19/h9-11,13-14H,3-8,12H2,1-2H3. The van der Waals surface area contributed by atoms with Crippen LogP contribution in [-0.4, -0.2) is 12.9 Å². The van der Waals surface area contributed by atoms with Gasteiger partial charge in [0.25, 0.3) is 0 Å². The van der Waals surface area contributed by atoms with Crippen LogP contribution in [0.1, 0.15) is 51.0 Å². The molecule has 0 amide bonds.